The largest absolute Gasteiger partial charge is 0.497 e. The van der Waals surface area contributed by atoms with Gasteiger partial charge in [0.1, 0.15) is 29.8 Å². The summed E-state index contributed by atoms with van der Waals surface area (Å²) >= 11 is 0. The van der Waals surface area contributed by atoms with Crippen molar-refractivity contribution >= 4 is 5.78 Å². The van der Waals surface area contributed by atoms with E-state index in [1.54, 1.807) is 55.6 Å². The SMILES string of the molecule is COc1ccc(OCC(=O)c2ccccc2CC[C@H](O)[C@@H](O)[C@H](O)[C@H](O)CO)cc1. The molecule has 2 aromatic rings. The molecule has 0 radical (unpaired) electrons. The summed E-state index contributed by atoms with van der Waals surface area (Å²) in [6.07, 6.45) is -5.92. The first kappa shape index (κ1) is 23.8. The van der Waals surface area contributed by atoms with Gasteiger partial charge in [0.15, 0.2) is 12.4 Å². The molecule has 0 amide bonds. The maximum Gasteiger partial charge on any atom is 0.200 e. The first-order valence-electron chi connectivity index (χ1n) is 9.58. The second-order valence-corrected chi connectivity index (χ2v) is 6.88. The lowest BCUT2D eigenvalue weighted by Gasteiger charge is -2.25. The maximum atomic E-state index is 12.6. The second-order valence-electron chi connectivity index (χ2n) is 6.88. The van der Waals surface area contributed by atoms with Gasteiger partial charge in [0, 0.05) is 5.56 Å². The Kier molecular flexibility index (Phi) is 9.22. The number of aliphatic hydroxyl groups is 5. The summed E-state index contributed by atoms with van der Waals surface area (Å²) in [4.78, 5) is 12.6. The number of aryl methyl sites for hydroxylation is 1. The molecule has 0 aliphatic carbocycles. The Hall–Kier alpha value is -2.49. The van der Waals surface area contributed by atoms with Crippen LogP contribution in [0, 0.1) is 0 Å². The van der Waals surface area contributed by atoms with Gasteiger partial charge in [-0.2, -0.15) is 0 Å². The van der Waals surface area contributed by atoms with Gasteiger partial charge in [0.25, 0.3) is 0 Å². The van der Waals surface area contributed by atoms with Crippen LogP contribution in [-0.2, 0) is 6.42 Å². The van der Waals surface area contributed by atoms with E-state index in [9.17, 15) is 25.2 Å². The molecule has 4 atom stereocenters. The average molecular weight is 420 g/mol. The number of aliphatic hydroxyl groups excluding tert-OH is 5. The lowest BCUT2D eigenvalue weighted by Crippen LogP contribution is -2.45. The molecular formula is C22H28O8. The van der Waals surface area contributed by atoms with Crippen molar-refractivity contribution in [3.05, 3.63) is 59.7 Å². The minimum absolute atomic E-state index is 0.0417. The van der Waals surface area contributed by atoms with Crippen molar-refractivity contribution < 1.29 is 39.8 Å². The van der Waals surface area contributed by atoms with Crippen LogP contribution in [0.1, 0.15) is 22.3 Å². The molecule has 8 heteroatoms. The third-order valence-electron chi connectivity index (χ3n) is 4.78. The summed E-state index contributed by atoms with van der Waals surface area (Å²) in [5.41, 5.74) is 1.09. The fourth-order valence-electron chi connectivity index (χ4n) is 2.95. The molecule has 0 fully saturated rings. The van der Waals surface area contributed by atoms with Crippen LogP contribution in [0.2, 0.25) is 0 Å². The Morgan fingerprint density at radius 3 is 2.13 bits per heavy atom. The van der Waals surface area contributed by atoms with Crippen LogP contribution in [0.15, 0.2) is 48.5 Å². The van der Waals surface area contributed by atoms with E-state index in [1.165, 1.54) is 0 Å². The highest BCUT2D eigenvalue weighted by Gasteiger charge is 2.29. The first-order chi connectivity index (χ1) is 14.4. The normalized spacial score (nSPS) is 15.1. The summed E-state index contributed by atoms with van der Waals surface area (Å²) in [6.45, 7) is -0.910. The van der Waals surface area contributed by atoms with E-state index in [1.807, 2.05) is 0 Å². The molecule has 0 aliphatic rings. The van der Waals surface area contributed by atoms with Crippen molar-refractivity contribution in [3.63, 3.8) is 0 Å². The Morgan fingerprint density at radius 1 is 0.900 bits per heavy atom. The van der Waals surface area contributed by atoms with Crippen molar-refractivity contribution in [2.75, 3.05) is 20.3 Å². The highest BCUT2D eigenvalue weighted by Crippen LogP contribution is 2.19. The maximum absolute atomic E-state index is 12.6. The van der Waals surface area contributed by atoms with Crippen LogP contribution < -0.4 is 9.47 Å². The van der Waals surface area contributed by atoms with Crippen LogP contribution in [0.3, 0.4) is 0 Å². The number of benzene rings is 2. The number of hydrogen-bond donors (Lipinski definition) is 5. The molecular weight excluding hydrogens is 392 g/mol. The van der Waals surface area contributed by atoms with Gasteiger partial charge in [-0.25, -0.2) is 0 Å². The number of ketones is 1. The van der Waals surface area contributed by atoms with Crippen LogP contribution in [-0.4, -0.2) is 76.1 Å². The molecule has 0 saturated heterocycles. The highest BCUT2D eigenvalue weighted by molar-refractivity contribution is 5.98. The molecule has 0 saturated carbocycles. The zero-order chi connectivity index (χ0) is 22.1. The Balaban J connectivity index is 1.96. The number of rotatable bonds is 12. The summed E-state index contributed by atoms with van der Waals surface area (Å²) in [5.74, 6) is 0.959. The highest BCUT2D eigenvalue weighted by atomic mass is 16.5. The Bertz CT molecular complexity index is 792. The van der Waals surface area contributed by atoms with E-state index in [2.05, 4.69) is 0 Å². The predicted molar refractivity (Wildman–Crippen MR) is 109 cm³/mol. The van der Waals surface area contributed by atoms with Gasteiger partial charge in [-0.05, 0) is 42.7 Å². The summed E-state index contributed by atoms with van der Waals surface area (Å²) in [6, 6.07) is 13.7. The number of ether oxygens (including phenoxy) is 2. The van der Waals surface area contributed by atoms with Gasteiger partial charge in [0.05, 0.1) is 19.8 Å². The molecule has 5 N–H and O–H groups in total. The minimum atomic E-state index is -1.68. The molecule has 0 unspecified atom stereocenters. The number of carbonyl (C=O) groups excluding carboxylic acids is 1. The van der Waals surface area contributed by atoms with Crippen molar-refractivity contribution in [3.8, 4) is 11.5 Å². The standard InChI is InChI=1S/C22H28O8/c1-29-15-7-9-16(10-8-15)30-13-20(26)17-5-3-2-4-14(17)6-11-18(24)21(27)22(28)19(25)12-23/h2-5,7-10,18-19,21-25,27-28H,6,11-13H2,1H3/t18-,19+,21+,22+/m0/s1. The van der Waals surface area contributed by atoms with Crippen molar-refractivity contribution in [1.82, 2.24) is 0 Å². The molecule has 0 aromatic heterocycles. The second kappa shape index (κ2) is 11.6. The zero-order valence-corrected chi connectivity index (χ0v) is 16.7. The van der Waals surface area contributed by atoms with Crippen LogP contribution in [0.4, 0.5) is 0 Å². The molecule has 2 rings (SSSR count). The molecule has 164 valence electrons. The van der Waals surface area contributed by atoms with Gasteiger partial charge in [-0.3, -0.25) is 4.79 Å². The van der Waals surface area contributed by atoms with Gasteiger partial charge < -0.3 is 35.0 Å². The fourth-order valence-corrected chi connectivity index (χ4v) is 2.95. The molecule has 30 heavy (non-hydrogen) atoms. The molecule has 8 nitrogen and oxygen atoms in total. The quantitative estimate of drug-likeness (QED) is 0.310. The Morgan fingerprint density at radius 2 is 1.50 bits per heavy atom. The number of hydrogen-bond acceptors (Lipinski definition) is 8. The van der Waals surface area contributed by atoms with E-state index >= 15 is 0 Å². The van der Waals surface area contributed by atoms with Crippen LogP contribution in [0.5, 0.6) is 11.5 Å². The van der Waals surface area contributed by atoms with E-state index in [4.69, 9.17) is 14.6 Å². The predicted octanol–water partition coefficient (Wildman–Crippen LogP) is 0.325. The van der Waals surface area contributed by atoms with E-state index in [0.717, 1.165) is 0 Å². The van der Waals surface area contributed by atoms with Gasteiger partial charge >= 0.3 is 0 Å². The summed E-state index contributed by atoms with van der Waals surface area (Å²) in [5, 5.41) is 48.0. The smallest absolute Gasteiger partial charge is 0.200 e. The third kappa shape index (κ3) is 6.51. The lowest BCUT2D eigenvalue weighted by atomic mass is 9.95. The third-order valence-corrected chi connectivity index (χ3v) is 4.78. The monoisotopic (exact) mass is 420 g/mol. The zero-order valence-electron chi connectivity index (χ0n) is 16.7. The van der Waals surface area contributed by atoms with Gasteiger partial charge in [0.2, 0.25) is 0 Å². The van der Waals surface area contributed by atoms with E-state index in [0.29, 0.717) is 22.6 Å². The first-order valence-corrected chi connectivity index (χ1v) is 9.58. The van der Waals surface area contributed by atoms with Crippen molar-refractivity contribution in [1.29, 1.82) is 0 Å². The minimum Gasteiger partial charge on any atom is -0.497 e. The van der Waals surface area contributed by atoms with Crippen LogP contribution in [0.25, 0.3) is 0 Å². The molecule has 2 aromatic carbocycles. The summed E-state index contributed by atoms with van der Waals surface area (Å²) in [7, 11) is 1.56. The van der Waals surface area contributed by atoms with Crippen molar-refractivity contribution in [2.24, 2.45) is 0 Å². The molecule has 0 aliphatic heterocycles. The fraction of sp³-hybridized carbons (Fsp3) is 0.409. The Labute approximate surface area is 174 Å². The number of Topliss-reactive ketones (excluding diaryl/α,β-unsaturated/α-hetero) is 1. The topological polar surface area (TPSA) is 137 Å². The lowest BCUT2D eigenvalue weighted by molar-refractivity contribution is -0.116. The average Bonchev–Trinajstić information content (AvgIpc) is 2.79. The van der Waals surface area contributed by atoms with Crippen LogP contribution >= 0.6 is 0 Å². The molecule has 0 spiro atoms. The van der Waals surface area contributed by atoms with E-state index < -0.39 is 31.0 Å². The molecule has 0 heterocycles. The number of carbonyl (C=O) groups is 1. The van der Waals surface area contributed by atoms with Gasteiger partial charge in [-0.1, -0.05) is 24.3 Å². The molecule has 0 bridgehead atoms. The summed E-state index contributed by atoms with van der Waals surface area (Å²) < 4.78 is 10.6. The van der Waals surface area contributed by atoms with Crippen molar-refractivity contribution in [2.45, 2.75) is 37.3 Å². The van der Waals surface area contributed by atoms with E-state index in [-0.39, 0.29) is 25.2 Å². The van der Waals surface area contributed by atoms with Gasteiger partial charge in [-0.15, -0.1) is 0 Å². The number of methoxy groups -OCH3 is 1.